The van der Waals surface area contributed by atoms with Gasteiger partial charge in [0, 0.05) is 31.3 Å². The Kier molecular flexibility index (Phi) is 6.16. The Balaban J connectivity index is 1.37. The summed E-state index contributed by atoms with van der Waals surface area (Å²) in [6.45, 7) is 1.44. The van der Waals surface area contributed by atoms with Crippen molar-refractivity contribution < 1.29 is 9.59 Å². The monoisotopic (exact) mass is 368 g/mol. The number of hydrogen-bond acceptors (Lipinski definition) is 4. The zero-order chi connectivity index (χ0) is 18.2. The first-order chi connectivity index (χ1) is 12.7. The summed E-state index contributed by atoms with van der Waals surface area (Å²) in [5.74, 6) is -0.248. The van der Waals surface area contributed by atoms with E-state index in [1.165, 1.54) is 16.9 Å². The number of carbonyl (C=O) groups is 2. The lowest BCUT2D eigenvalue weighted by atomic mass is 10.2. The third-order valence-electron chi connectivity index (χ3n) is 3.75. The van der Waals surface area contributed by atoms with Crippen LogP contribution in [0.4, 0.5) is 0 Å². The van der Waals surface area contributed by atoms with Crippen LogP contribution >= 0.6 is 11.3 Å². The maximum atomic E-state index is 11.9. The molecule has 2 N–H and O–H groups in total. The lowest BCUT2D eigenvalue weighted by molar-refractivity contribution is -0.121. The second-order valence-corrected chi connectivity index (χ2v) is 6.74. The van der Waals surface area contributed by atoms with Crippen LogP contribution in [0.1, 0.15) is 27.2 Å². The number of hydrogen-bond donors (Lipinski definition) is 2. The SMILES string of the molecule is O=C(CCNC(=O)c1cccs1)NCc1cnn(Cc2ccccc2)c1. The molecule has 3 rings (SSSR count). The summed E-state index contributed by atoms with van der Waals surface area (Å²) in [5.41, 5.74) is 2.12. The molecule has 0 atom stereocenters. The van der Waals surface area contributed by atoms with Crippen LogP contribution in [0.3, 0.4) is 0 Å². The number of nitrogens with zero attached hydrogens (tertiary/aromatic N) is 2. The van der Waals surface area contributed by atoms with Gasteiger partial charge in [0.05, 0.1) is 17.6 Å². The van der Waals surface area contributed by atoms with Crippen LogP contribution < -0.4 is 10.6 Å². The Morgan fingerprint density at radius 1 is 1.04 bits per heavy atom. The normalized spacial score (nSPS) is 10.5. The number of amides is 2. The van der Waals surface area contributed by atoms with Crippen molar-refractivity contribution in [3.63, 3.8) is 0 Å². The Morgan fingerprint density at radius 2 is 1.88 bits per heavy atom. The Bertz CT molecular complexity index is 844. The molecule has 134 valence electrons. The van der Waals surface area contributed by atoms with E-state index in [0.717, 1.165) is 5.56 Å². The maximum absolute atomic E-state index is 11.9. The molecule has 0 aliphatic rings. The standard InChI is InChI=1S/C19H20N4O2S/c24-18(8-9-20-19(25)17-7-4-10-26-17)21-11-16-12-22-23(14-16)13-15-5-2-1-3-6-15/h1-7,10,12,14H,8-9,11,13H2,(H,20,25)(H,21,24). The highest BCUT2D eigenvalue weighted by atomic mass is 32.1. The molecular formula is C19H20N4O2S. The van der Waals surface area contributed by atoms with Crippen LogP contribution in [0, 0.1) is 0 Å². The first-order valence-electron chi connectivity index (χ1n) is 8.34. The first kappa shape index (κ1) is 17.9. The smallest absolute Gasteiger partial charge is 0.261 e. The van der Waals surface area contributed by atoms with Crippen molar-refractivity contribution in [3.05, 3.63) is 76.2 Å². The summed E-state index contributed by atoms with van der Waals surface area (Å²) < 4.78 is 1.85. The zero-order valence-electron chi connectivity index (χ0n) is 14.2. The second kappa shape index (κ2) is 8.96. The molecule has 3 aromatic rings. The first-order valence-corrected chi connectivity index (χ1v) is 9.22. The molecule has 0 spiro atoms. The van der Waals surface area contributed by atoms with E-state index in [0.29, 0.717) is 24.5 Å². The molecular weight excluding hydrogens is 348 g/mol. The largest absolute Gasteiger partial charge is 0.352 e. The molecule has 2 amide bonds. The summed E-state index contributed by atoms with van der Waals surface area (Å²) in [7, 11) is 0. The Labute approximate surface area is 155 Å². The molecule has 6 nitrogen and oxygen atoms in total. The van der Waals surface area contributed by atoms with Crippen molar-refractivity contribution in [2.45, 2.75) is 19.5 Å². The van der Waals surface area contributed by atoms with E-state index < -0.39 is 0 Å². The van der Waals surface area contributed by atoms with Crippen LogP contribution in [0.2, 0.25) is 0 Å². The molecule has 2 aromatic heterocycles. The van der Waals surface area contributed by atoms with Crippen molar-refractivity contribution in [1.82, 2.24) is 20.4 Å². The number of benzene rings is 1. The number of aromatic nitrogens is 2. The lowest BCUT2D eigenvalue weighted by Crippen LogP contribution is -2.30. The van der Waals surface area contributed by atoms with Gasteiger partial charge < -0.3 is 10.6 Å². The van der Waals surface area contributed by atoms with Gasteiger partial charge in [0.25, 0.3) is 5.91 Å². The molecule has 0 aliphatic heterocycles. The summed E-state index contributed by atoms with van der Waals surface area (Å²) in [6, 6.07) is 13.7. The highest BCUT2D eigenvalue weighted by Crippen LogP contribution is 2.07. The summed E-state index contributed by atoms with van der Waals surface area (Å²) in [5, 5.41) is 11.7. The van der Waals surface area contributed by atoms with Gasteiger partial charge in [0.1, 0.15) is 0 Å². The molecule has 7 heteroatoms. The van der Waals surface area contributed by atoms with Gasteiger partial charge in [-0.25, -0.2) is 0 Å². The average molecular weight is 368 g/mol. The number of nitrogens with one attached hydrogen (secondary N) is 2. The maximum Gasteiger partial charge on any atom is 0.261 e. The fourth-order valence-electron chi connectivity index (χ4n) is 2.43. The second-order valence-electron chi connectivity index (χ2n) is 5.79. The van der Waals surface area contributed by atoms with Gasteiger partial charge >= 0.3 is 0 Å². The van der Waals surface area contributed by atoms with Crippen molar-refractivity contribution in [2.75, 3.05) is 6.54 Å². The summed E-state index contributed by atoms with van der Waals surface area (Å²) >= 11 is 1.38. The topological polar surface area (TPSA) is 76.0 Å². The van der Waals surface area contributed by atoms with Gasteiger partial charge in [0.2, 0.25) is 5.91 Å². The minimum Gasteiger partial charge on any atom is -0.352 e. The molecule has 0 fully saturated rings. The van der Waals surface area contributed by atoms with E-state index in [2.05, 4.69) is 15.7 Å². The van der Waals surface area contributed by atoms with E-state index in [9.17, 15) is 9.59 Å². The highest BCUT2D eigenvalue weighted by molar-refractivity contribution is 7.12. The van der Waals surface area contributed by atoms with Crippen molar-refractivity contribution in [3.8, 4) is 0 Å². The van der Waals surface area contributed by atoms with Gasteiger partial charge in [-0.1, -0.05) is 36.4 Å². The molecule has 1 aromatic carbocycles. The number of rotatable bonds is 8. The van der Waals surface area contributed by atoms with E-state index in [-0.39, 0.29) is 18.2 Å². The number of carbonyl (C=O) groups excluding carboxylic acids is 2. The van der Waals surface area contributed by atoms with Crippen LogP contribution in [-0.2, 0) is 17.9 Å². The van der Waals surface area contributed by atoms with Gasteiger partial charge in [-0.2, -0.15) is 5.10 Å². The van der Waals surface area contributed by atoms with Crippen molar-refractivity contribution >= 4 is 23.2 Å². The fraction of sp³-hybridized carbons (Fsp3) is 0.211. The third kappa shape index (κ3) is 5.29. The van der Waals surface area contributed by atoms with Crippen LogP contribution in [0.5, 0.6) is 0 Å². The molecule has 0 saturated heterocycles. The van der Waals surface area contributed by atoms with Gasteiger partial charge in [0.15, 0.2) is 0 Å². The molecule has 2 heterocycles. The van der Waals surface area contributed by atoms with Crippen LogP contribution in [0.25, 0.3) is 0 Å². The van der Waals surface area contributed by atoms with E-state index in [1.54, 1.807) is 12.3 Å². The average Bonchev–Trinajstić information content (AvgIpc) is 3.33. The van der Waals surface area contributed by atoms with E-state index in [1.807, 2.05) is 52.7 Å². The van der Waals surface area contributed by atoms with E-state index >= 15 is 0 Å². The molecule has 0 saturated carbocycles. The van der Waals surface area contributed by atoms with Crippen molar-refractivity contribution in [1.29, 1.82) is 0 Å². The minimum atomic E-state index is -0.144. The minimum absolute atomic E-state index is 0.104. The summed E-state index contributed by atoms with van der Waals surface area (Å²) in [4.78, 5) is 24.3. The molecule has 0 radical (unpaired) electrons. The van der Waals surface area contributed by atoms with Gasteiger partial charge in [-0.05, 0) is 17.0 Å². The van der Waals surface area contributed by atoms with Crippen molar-refractivity contribution in [2.24, 2.45) is 0 Å². The molecule has 0 unspecified atom stereocenters. The van der Waals surface area contributed by atoms with Gasteiger partial charge in [-0.3, -0.25) is 14.3 Å². The van der Waals surface area contributed by atoms with E-state index in [4.69, 9.17) is 0 Å². The predicted octanol–water partition coefficient (Wildman–Crippen LogP) is 2.43. The fourth-order valence-corrected chi connectivity index (χ4v) is 3.07. The Morgan fingerprint density at radius 3 is 2.65 bits per heavy atom. The van der Waals surface area contributed by atoms with Crippen LogP contribution in [0.15, 0.2) is 60.2 Å². The molecule has 0 aliphatic carbocycles. The van der Waals surface area contributed by atoms with Gasteiger partial charge in [-0.15, -0.1) is 11.3 Å². The Hall–Kier alpha value is -2.93. The third-order valence-corrected chi connectivity index (χ3v) is 4.62. The lowest BCUT2D eigenvalue weighted by Gasteiger charge is -2.05. The number of thiophene rings is 1. The predicted molar refractivity (Wildman–Crippen MR) is 101 cm³/mol. The zero-order valence-corrected chi connectivity index (χ0v) is 15.0. The summed E-state index contributed by atoms with van der Waals surface area (Å²) in [6.07, 6.45) is 3.92. The van der Waals surface area contributed by atoms with Crippen LogP contribution in [-0.4, -0.2) is 28.1 Å². The quantitative estimate of drug-likeness (QED) is 0.641. The molecule has 0 bridgehead atoms. The highest BCUT2D eigenvalue weighted by Gasteiger charge is 2.07. The molecule has 26 heavy (non-hydrogen) atoms.